The first-order chi connectivity index (χ1) is 11.2. The molecule has 0 heterocycles. The van der Waals surface area contributed by atoms with Gasteiger partial charge in [-0.2, -0.15) is 13.2 Å². The first-order valence-electron chi connectivity index (χ1n) is 6.96. The van der Waals surface area contributed by atoms with Gasteiger partial charge in [-0.25, -0.2) is 9.59 Å². The van der Waals surface area contributed by atoms with E-state index in [9.17, 15) is 22.8 Å². The number of anilines is 2. The van der Waals surface area contributed by atoms with Crippen LogP contribution < -0.4 is 16.0 Å². The lowest BCUT2D eigenvalue weighted by atomic mass is 10.3. The van der Waals surface area contributed by atoms with Crippen LogP contribution in [-0.2, 0) is 4.74 Å². The second kappa shape index (κ2) is 8.96. The van der Waals surface area contributed by atoms with E-state index in [2.05, 4.69) is 20.7 Å². The Balaban J connectivity index is 2.39. The molecule has 0 spiro atoms. The van der Waals surface area contributed by atoms with Crippen molar-refractivity contribution in [1.82, 2.24) is 10.2 Å². The second-order valence-corrected chi connectivity index (χ2v) is 4.84. The maximum atomic E-state index is 12.0. The Morgan fingerprint density at radius 2 is 1.67 bits per heavy atom. The van der Waals surface area contributed by atoms with Crippen LogP contribution in [0.25, 0.3) is 0 Å². The first kappa shape index (κ1) is 19.6. The highest BCUT2D eigenvalue weighted by Gasteiger charge is 2.26. The van der Waals surface area contributed by atoms with Crippen molar-refractivity contribution in [3.63, 3.8) is 0 Å². The number of urea groups is 1. The lowest BCUT2D eigenvalue weighted by molar-refractivity contribution is -0.124. The van der Waals surface area contributed by atoms with E-state index in [1.807, 2.05) is 0 Å². The topological polar surface area (TPSA) is 82.7 Å². The molecular formula is C14H19F3N4O3. The number of likely N-dealkylation sites (N-methyl/N-ethyl adjacent to an activating group) is 1. The number of hydrogen-bond donors (Lipinski definition) is 3. The van der Waals surface area contributed by atoms with Crippen LogP contribution in [0.2, 0.25) is 0 Å². The summed E-state index contributed by atoms with van der Waals surface area (Å²) in [7, 11) is 2.71. The van der Waals surface area contributed by atoms with Crippen LogP contribution in [0.3, 0.4) is 0 Å². The molecule has 24 heavy (non-hydrogen) atoms. The molecule has 0 saturated carbocycles. The Labute approximate surface area is 137 Å². The van der Waals surface area contributed by atoms with Gasteiger partial charge in [0.2, 0.25) is 0 Å². The van der Waals surface area contributed by atoms with Gasteiger partial charge in [-0.3, -0.25) is 5.32 Å². The van der Waals surface area contributed by atoms with Crippen molar-refractivity contribution in [3.8, 4) is 0 Å². The average molecular weight is 348 g/mol. The molecule has 0 aliphatic rings. The Morgan fingerprint density at radius 1 is 1.12 bits per heavy atom. The highest BCUT2D eigenvalue weighted by Crippen LogP contribution is 2.14. The summed E-state index contributed by atoms with van der Waals surface area (Å²) in [5.74, 6) is 0. The number of rotatable bonds is 6. The standard InChI is InChI=1S/C14H19F3N4O3/c1-21(8-7-18-9-14(15,16)17)12(22)19-10-3-5-11(6-4-10)20-13(23)24-2/h3-6,18H,7-9H2,1-2H3,(H,19,22)(H,20,23). The summed E-state index contributed by atoms with van der Waals surface area (Å²) >= 11 is 0. The van der Waals surface area contributed by atoms with Gasteiger partial charge in [0.25, 0.3) is 0 Å². The third kappa shape index (κ3) is 7.68. The van der Waals surface area contributed by atoms with Crippen LogP contribution >= 0.6 is 0 Å². The quantitative estimate of drug-likeness (QED) is 0.690. The normalized spacial score (nSPS) is 10.9. The van der Waals surface area contributed by atoms with Crippen LogP contribution in [0, 0.1) is 0 Å². The molecular weight excluding hydrogens is 329 g/mol. The van der Waals surface area contributed by atoms with Crippen LogP contribution in [0.4, 0.5) is 34.1 Å². The molecule has 0 atom stereocenters. The molecule has 10 heteroatoms. The van der Waals surface area contributed by atoms with Gasteiger partial charge >= 0.3 is 18.3 Å². The summed E-state index contributed by atoms with van der Waals surface area (Å²) in [4.78, 5) is 24.2. The maximum absolute atomic E-state index is 12.0. The fraction of sp³-hybridized carbons (Fsp3) is 0.429. The molecule has 0 bridgehead atoms. The number of hydrogen-bond acceptors (Lipinski definition) is 4. The summed E-state index contributed by atoms with van der Waals surface area (Å²) in [5.41, 5.74) is 0.968. The summed E-state index contributed by atoms with van der Waals surface area (Å²) in [6.45, 7) is -0.966. The summed E-state index contributed by atoms with van der Waals surface area (Å²) < 4.78 is 40.4. The number of nitrogens with zero attached hydrogens (tertiary/aromatic N) is 1. The third-order valence-electron chi connectivity index (χ3n) is 2.86. The maximum Gasteiger partial charge on any atom is 0.411 e. The number of carbonyl (C=O) groups is 2. The Kier molecular flexibility index (Phi) is 7.31. The Hall–Kier alpha value is -2.49. The van der Waals surface area contributed by atoms with Gasteiger partial charge in [0.05, 0.1) is 13.7 Å². The molecule has 1 rings (SSSR count). The molecule has 1 aromatic rings. The van der Waals surface area contributed by atoms with E-state index in [-0.39, 0.29) is 13.1 Å². The molecule has 0 saturated heterocycles. The van der Waals surface area contributed by atoms with Crippen LogP contribution in [0.1, 0.15) is 0 Å². The van der Waals surface area contributed by atoms with E-state index < -0.39 is 24.8 Å². The van der Waals surface area contributed by atoms with Gasteiger partial charge in [-0.1, -0.05) is 0 Å². The smallest absolute Gasteiger partial charge is 0.411 e. The highest BCUT2D eigenvalue weighted by molar-refractivity contribution is 5.90. The molecule has 0 aromatic heterocycles. The molecule has 134 valence electrons. The molecule has 0 aliphatic carbocycles. The fourth-order valence-electron chi connectivity index (χ4n) is 1.60. The molecule has 0 aliphatic heterocycles. The first-order valence-corrected chi connectivity index (χ1v) is 6.96. The third-order valence-corrected chi connectivity index (χ3v) is 2.86. The molecule has 7 nitrogen and oxygen atoms in total. The molecule has 0 unspecified atom stereocenters. The zero-order valence-corrected chi connectivity index (χ0v) is 13.2. The lowest BCUT2D eigenvalue weighted by Crippen LogP contribution is -2.39. The zero-order chi connectivity index (χ0) is 18.2. The van der Waals surface area contributed by atoms with Crippen molar-refractivity contribution in [2.24, 2.45) is 0 Å². The fourth-order valence-corrected chi connectivity index (χ4v) is 1.60. The van der Waals surface area contributed by atoms with E-state index in [1.54, 1.807) is 24.3 Å². The van der Waals surface area contributed by atoms with Crippen LogP contribution in [-0.4, -0.2) is 57.0 Å². The largest absolute Gasteiger partial charge is 0.453 e. The van der Waals surface area contributed by atoms with Crippen molar-refractivity contribution in [2.75, 3.05) is 44.4 Å². The number of methoxy groups -OCH3 is 1. The summed E-state index contributed by atoms with van der Waals surface area (Å²) in [5, 5.41) is 7.25. The number of halogens is 3. The van der Waals surface area contributed by atoms with Gasteiger partial charge in [-0.15, -0.1) is 0 Å². The van der Waals surface area contributed by atoms with Crippen molar-refractivity contribution >= 4 is 23.5 Å². The van der Waals surface area contributed by atoms with E-state index in [0.717, 1.165) is 0 Å². The van der Waals surface area contributed by atoms with Gasteiger partial charge in [-0.05, 0) is 24.3 Å². The average Bonchev–Trinajstić information content (AvgIpc) is 2.52. The van der Waals surface area contributed by atoms with Crippen molar-refractivity contribution in [3.05, 3.63) is 24.3 Å². The Morgan fingerprint density at radius 3 is 2.17 bits per heavy atom. The van der Waals surface area contributed by atoms with Gasteiger partial charge in [0.15, 0.2) is 0 Å². The molecule has 3 amide bonds. The van der Waals surface area contributed by atoms with E-state index in [1.165, 1.54) is 19.1 Å². The van der Waals surface area contributed by atoms with Gasteiger partial charge in [0.1, 0.15) is 0 Å². The van der Waals surface area contributed by atoms with E-state index in [4.69, 9.17) is 0 Å². The van der Waals surface area contributed by atoms with Crippen molar-refractivity contribution in [2.45, 2.75) is 6.18 Å². The number of alkyl halides is 3. The zero-order valence-electron chi connectivity index (χ0n) is 13.2. The second-order valence-electron chi connectivity index (χ2n) is 4.84. The minimum atomic E-state index is -4.28. The van der Waals surface area contributed by atoms with Crippen LogP contribution in [0.5, 0.6) is 0 Å². The Bertz CT molecular complexity index is 549. The predicted octanol–water partition coefficient (Wildman–Crippen LogP) is 2.48. The monoisotopic (exact) mass is 348 g/mol. The molecule has 3 N–H and O–H groups in total. The number of ether oxygens (including phenoxy) is 1. The van der Waals surface area contributed by atoms with E-state index >= 15 is 0 Å². The molecule has 1 aromatic carbocycles. The summed E-state index contributed by atoms with van der Waals surface area (Å²) in [6, 6.07) is 5.81. The number of nitrogens with one attached hydrogen (secondary N) is 3. The highest BCUT2D eigenvalue weighted by atomic mass is 19.4. The number of carbonyl (C=O) groups excluding carboxylic acids is 2. The summed E-state index contributed by atoms with van der Waals surface area (Å²) in [6.07, 6.45) is -4.89. The van der Waals surface area contributed by atoms with Gasteiger partial charge in [0, 0.05) is 31.5 Å². The van der Waals surface area contributed by atoms with Gasteiger partial charge < -0.3 is 20.3 Å². The SMILES string of the molecule is COC(=O)Nc1ccc(NC(=O)N(C)CCNCC(F)(F)F)cc1. The van der Waals surface area contributed by atoms with Crippen LogP contribution in [0.15, 0.2) is 24.3 Å². The predicted molar refractivity (Wildman–Crippen MR) is 83.0 cm³/mol. The van der Waals surface area contributed by atoms with Crippen molar-refractivity contribution < 1.29 is 27.5 Å². The molecule has 0 radical (unpaired) electrons. The number of benzene rings is 1. The minimum Gasteiger partial charge on any atom is -0.453 e. The lowest BCUT2D eigenvalue weighted by Gasteiger charge is -2.18. The van der Waals surface area contributed by atoms with Crippen molar-refractivity contribution in [1.29, 1.82) is 0 Å². The number of amides is 3. The molecule has 0 fully saturated rings. The van der Waals surface area contributed by atoms with E-state index in [0.29, 0.717) is 11.4 Å². The minimum absolute atomic E-state index is 0.0193.